The lowest BCUT2D eigenvalue weighted by Crippen LogP contribution is -2.36. The van der Waals surface area contributed by atoms with Gasteiger partial charge in [0.1, 0.15) is 11.5 Å². The number of carbonyl (C=O) groups is 2. The van der Waals surface area contributed by atoms with E-state index in [9.17, 15) is 14.7 Å². The average molecular weight is 362 g/mol. The molecule has 2 N–H and O–H groups in total. The lowest BCUT2D eigenvalue weighted by molar-refractivity contribution is -0.133. The molecule has 6 nitrogen and oxygen atoms in total. The molecular formula is C18H16ClNO5. The molecule has 2 aromatic carbocycles. The third kappa shape index (κ3) is 2.94. The number of amides is 1. The van der Waals surface area contributed by atoms with Gasteiger partial charge in [0.05, 0.1) is 26.2 Å². The molecule has 1 amide bonds. The number of fused-ring (bicyclic) bond motifs is 1. The highest BCUT2D eigenvalue weighted by Crippen LogP contribution is 2.41. The van der Waals surface area contributed by atoms with E-state index in [0.29, 0.717) is 22.2 Å². The van der Waals surface area contributed by atoms with Gasteiger partial charge >= 0.3 is 0 Å². The highest BCUT2D eigenvalue weighted by molar-refractivity contribution is 6.31. The first kappa shape index (κ1) is 17.3. The highest BCUT2D eigenvalue weighted by atomic mass is 35.5. The largest absolute Gasteiger partial charge is 0.497 e. The maximum atomic E-state index is 12.8. The molecule has 0 spiro atoms. The molecule has 3 rings (SSSR count). The number of rotatable bonds is 5. The highest BCUT2D eigenvalue weighted by Gasteiger charge is 2.47. The number of Topliss-reactive ketones (excluding diaryl/α,β-unsaturated/α-hetero) is 1. The summed E-state index contributed by atoms with van der Waals surface area (Å²) in [5.41, 5.74) is -1.06. The number of methoxy groups -OCH3 is 2. The van der Waals surface area contributed by atoms with E-state index in [-0.39, 0.29) is 11.1 Å². The molecule has 1 atom stereocenters. The number of aliphatic hydroxyl groups is 1. The molecule has 0 radical (unpaired) electrons. The van der Waals surface area contributed by atoms with Crippen molar-refractivity contribution in [3.8, 4) is 11.5 Å². The Balaban J connectivity index is 1.99. The Hall–Kier alpha value is -2.57. The molecule has 1 heterocycles. The van der Waals surface area contributed by atoms with Crippen LogP contribution < -0.4 is 14.8 Å². The number of anilines is 1. The van der Waals surface area contributed by atoms with E-state index < -0.39 is 23.7 Å². The van der Waals surface area contributed by atoms with Crippen molar-refractivity contribution in [1.29, 1.82) is 0 Å². The van der Waals surface area contributed by atoms with Crippen molar-refractivity contribution in [2.24, 2.45) is 0 Å². The van der Waals surface area contributed by atoms with Gasteiger partial charge in [-0.1, -0.05) is 11.6 Å². The average Bonchev–Trinajstić information content (AvgIpc) is 2.85. The van der Waals surface area contributed by atoms with E-state index >= 15 is 0 Å². The number of ether oxygens (including phenoxy) is 2. The minimum atomic E-state index is -1.99. The zero-order valence-corrected chi connectivity index (χ0v) is 14.4. The second-order valence-corrected chi connectivity index (χ2v) is 6.11. The molecule has 0 bridgehead atoms. The van der Waals surface area contributed by atoms with Crippen LogP contribution in [0.5, 0.6) is 11.5 Å². The number of ketones is 1. The molecular weight excluding hydrogens is 346 g/mol. The predicted molar refractivity (Wildman–Crippen MR) is 92.5 cm³/mol. The zero-order chi connectivity index (χ0) is 18.2. The van der Waals surface area contributed by atoms with Gasteiger partial charge < -0.3 is 19.9 Å². The molecule has 0 aromatic heterocycles. The molecule has 0 saturated carbocycles. The van der Waals surface area contributed by atoms with E-state index in [1.807, 2.05) is 0 Å². The van der Waals surface area contributed by atoms with Crippen LogP contribution in [0.25, 0.3) is 0 Å². The van der Waals surface area contributed by atoms with Crippen LogP contribution >= 0.6 is 11.6 Å². The fraction of sp³-hybridized carbons (Fsp3) is 0.222. The molecule has 0 unspecified atom stereocenters. The van der Waals surface area contributed by atoms with Crippen molar-refractivity contribution in [2.45, 2.75) is 12.0 Å². The van der Waals surface area contributed by atoms with Crippen LogP contribution in [0.2, 0.25) is 5.02 Å². The van der Waals surface area contributed by atoms with Gasteiger partial charge in [0.2, 0.25) is 0 Å². The van der Waals surface area contributed by atoms with Crippen LogP contribution in [0.15, 0.2) is 36.4 Å². The van der Waals surface area contributed by atoms with Gasteiger partial charge in [0.15, 0.2) is 11.4 Å². The van der Waals surface area contributed by atoms with Crippen molar-refractivity contribution in [3.05, 3.63) is 52.5 Å². The van der Waals surface area contributed by atoms with Gasteiger partial charge in [0.25, 0.3) is 5.91 Å². The second-order valence-electron chi connectivity index (χ2n) is 5.67. The molecule has 25 heavy (non-hydrogen) atoms. The van der Waals surface area contributed by atoms with E-state index in [2.05, 4.69) is 5.32 Å². The van der Waals surface area contributed by atoms with E-state index in [4.69, 9.17) is 21.1 Å². The fourth-order valence-corrected chi connectivity index (χ4v) is 3.02. The fourth-order valence-electron chi connectivity index (χ4n) is 2.85. The van der Waals surface area contributed by atoms with Gasteiger partial charge in [-0.2, -0.15) is 0 Å². The molecule has 0 fully saturated rings. The number of carbonyl (C=O) groups excluding carboxylic acids is 2. The molecule has 130 valence electrons. The Morgan fingerprint density at radius 1 is 1.20 bits per heavy atom. The quantitative estimate of drug-likeness (QED) is 0.800. The van der Waals surface area contributed by atoms with Crippen molar-refractivity contribution >= 4 is 29.0 Å². The van der Waals surface area contributed by atoms with Crippen molar-refractivity contribution in [1.82, 2.24) is 0 Å². The lowest BCUT2D eigenvalue weighted by Gasteiger charge is -2.21. The monoisotopic (exact) mass is 361 g/mol. The summed E-state index contributed by atoms with van der Waals surface area (Å²) >= 11 is 5.97. The third-order valence-electron chi connectivity index (χ3n) is 4.17. The van der Waals surface area contributed by atoms with Gasteiger partial charge in [-0.3, -0.25) is 9.59 Å². The zero-order valence-electron chi connectivity index (χ0n) is 13.6. The number of nitrogens with one attached hydrogen (secondary N) is 1. The van der Waals surface area contributed by atoms with Crippen molar-refractivity contribution < 1.29 is 24.2 Å². The Bertz CT molecular complexity index is 867. The maximum Gasteiger partial charge on any atom is 0.261 e. The van der Waals surface area contributed by atoms with Crippen LogP contribution in [-0.4, -0.2) is 31.0 Å². The SMILES string of the molecule is COc1ccc(OC)c(C(=O)C[C@@]2(O)C(=O)Nc3ccc(Cl)cc32)c1. The number of hydrogen-bond acceptors (Lipinski definition) is 5. The van der Waals surface area contributed by atoms with Crippen molar-refractivity contribution in [3.63, 3.8) is 0 Å². The summed E-state index contributed by atoms with van der Waals surface area (Å²) in [5.74, 6) is -0.323. The molecule has 1 aliphatic rings. The Morgan fingerprint density at radius 2 is 1.96 bits per heavy atom. The van der Waals surface area contributed by atoms with Crippen LogP contribution in [-0.2, 0) is 10.4 Å². The minimum absolute atomic E-state index is 0.221. The summed E-state index contributed by atoms with van der Waals surface area (Å²) < 4.78 is 10.3. The Kier molecular flexibility index (Phi) is 4.41. The summed E-state index contributed by atoms with van der Waals surface area (Å²) in [7, 11) is 2.91. The predicted octanol–water partition coefficient (Wildman–Crippen LogP) is 2.77. The first-order valence-corrected chi connectivity index (χ1v) is 7.86. The number of benzene rings is 2. The number of hydrogen-bond donors (Lipinski definition) is 2. The van der Waals surface area contributed by atoms with Crippen LogP contribution in [0, 0.1) is 0 Å². The Labute approximate surface area is 149 Å². The standard InChI is InChI=1S/C18H16ClNO5/c1-24-11-4-6-16(25-2)12(8-11)15(21)9-18(23)13-7-10(19)3-5-14(13)20-17(18)22/h3-8,23H,9H2,1-2H3,(H,20,22)/t18-/m0/s1. The van der Waals surface area contributed by atoms with Crippen LogP contribution in [0.4, 0.5) is 5.69 Å². The lowest BCUT2D eigenvalue weighted by atomic mass is 9.88. The first-order valence-electron chi connectivity index (χ1n) is 7.48. The summed E-state index contributed by atoms with van der Waals surface area (Å²) in [6.07, 6.45) is -0.449. The van der Waals surface area contributed by atoms with E-state index in [1.54, 1.807) is 24.3 Å². The topological polar surface area (TPSA) is 84.9 Å². The normalized spacial score (nSPS) is 18.5. The van der Waals surface area contributed by atoms with E-state index in [1.165, 1.54) is 26.4 Å². The Morgan fingerprint density at radius 3 is 2.64 bits per heavy atom. The third-order valence-corrected chi connectivity index (χ3v) is 4.41. The molecule has 1 aliphatic heterocycles. The molecule has 2 aromatic rings. The van der Waals surface area contributed by atoms with E-state index in [0.717, 1.165) is 0 Å². The minimum Gasteiger partial charge on any atom is -0.497 e. The molecule has 0 aliphatic carbocycles. The van der Waals surface area contributed by atoms with Crippen LogP contribution in [0.1, 0.15) is 22.3 Å². The van der Waals surface area contributed by atoms with Gasteiger partial charge in [-0.05, 0) is 36.4 Å². The summed E-state index contributed by atoms with van der Waals surface area (Å²) in [6.45, 7) is 0. The van der Waals surface area contributed by atoms with Gasteiger partial charge in [-0.15, -0.1) is 0 Å². The smallest absolute Gasteiger partial charge is 0.261 e. The van der Waals surface area contributed by atoms with Gasteiger partial charge in [0, 0.05) is 16.3 Å². The molecule has 0 saturated heterocycles. The van der Waals surface area contributed by atoms with Crippen LogP contribution in [0.3, 0.4) is 0 Å². The summed E-state index contributed by atoms with van der Waals surface area (Å²) in [6, 6.07) is 9.42. The van der Waals surface area contributed by atoms with Gasteiger partial charge in [-0.25, -0.2) is 0 Å². The summed E-state index contributed by atoms with van der Waals surface area (Å²) in [5, 5.41) is 13.8. The summed E-state index contributed by atoms with van der Waals surface area (Å²) in [4.78, 5) is 25.1. The number of halogens is 1. The molecule has 7 heteroatoms. The first-order chi connectivity index (χ1) is 11.9. The van der Waals surface area contributed by atoms with Crippen molar-refractivity contribution in [2.75, 3.05) is 19.5 Å². The second kappa shape index (κ2) is 6.38. The maximum absolute atomic E-state index is 12.8.